The van der Waals surface area contributed by atoms with Gasteiger partial charge >= 0.3 is 11.9 Å². The van der Waals surface area contributed by atoms with Crippen molar-refractivity contribution in [1.82, 2.24) is 15.2 Å². The topological polar surface area (TPSA) is 194 Å². The molecule has 212 valence electrons. The first-order valence-corrected chi connectivity index (χ1v) is 14.0. The fraction of sp³-hybridized carbons (Fsp3) is 0.417. The standard InChI is InChI=1S/C24H26N6O8S2/c1-24(2,22(35)36)38-28-15(14-10-40-23(25)26-14)18(31)27-16-19(32)29-17(21(33)34)13(9-39-20(16)29)6-30(3)4-11-7-37-8-12(11)5-30/h4-5,10,16,20H,6-9H2,1-3H3,(H4-,25,26,27,31,33,34,35,36)/p+1/b28-15-/t16-,20-/m1/s1. The molecule has 0 aliphatic carbocycles. The molecule has 4 aliphatic rings. The molecule has 0 saturated carbocycles. The van der Waals surface area contributed by atoms with Crippen LogP contribution >= 0.6 is 23.1 Å². The number of nitrogens with one attached hydrogen (secondary N) is 1. The quantitative estimate of drug-likeness (QED) is 0.134. The molecule has 1 aromatic heterocycles. The number of aliphatic carboxylic acids is 2. The Morgan fingerprint density at radius 3 is 2.55 bits per heavy atom. The van der Waals surface area contributed by atoms with E-state index in [-0.39, 0.29) is 22.2 Å². The third-order valence-corrected chi connectivity index (χ3v) is 8.77. The van der Waals surface area contributed by atoms with E-state index in [1.54, 1.807) is 0 Å². The highest BCUT2D eigenvalue weighted by molar-refractivity contribution is 8.00. The molecule has 1 aromatic rings. The van der Waals surface area contributed by atoms with E-state index < -0.39 is 40.8 Å². The Kier molecular flexibility index (Phi) is 6.98. The number of oxime groups is 1. The Bertz CT molecular complexity index is 1420. The van der Waals surface area contributed by atoms with Gasteiger partial charge in [0.25, 0.3) is 11.8 Å². The van der Waals surface area contributed by atoms with Gasteiger partial charge in [0.05, 0.1) is 20.3 Å². The first kappa shape index (κ1) is 27.8. The highest BCUT2D eigenvalue weighted by atomic mass is 32.2. The summed E-state index contributed by atoms with van der Waals surface area (Å²) >= 11 is 2.38. The van der Waals surface area contributed by atoms with Crippen LogP contribution in [0.2, 0.25) is 0 Å². The van der Waals surface area contributed by atoms with E-state index in [9.17, 15) is 29.4 Å². The fourth-order valence-electron chi connectivity index (χ4n) is 4.76. The second kappa shape index (κ2) is 10.0. The summed E-state index contributed by atoms with van der Waals surface area (Å²) in [6.07, 6.45) is 4.07. The van der Waals surface area contributed by atoms with E-state index in [0.717, 1.165) is 22.5 Å². The molecule has 2 saturated heterocycles. The van der Waals surface area contributed by atoms with E-state index in [0.29, 0.717) is 35.6 Å². The number of ether oxygens (including phenoxy) is 1. The second-order valence-corrected chi connectivity index (χ2v) is 12.3. The number of carboxylic acid groups (broad SMARTS) is 2. The number of carbonyl (C=O) groups is 4. The van der Waals surface area contributed by atoms with Crippen molar-refractivity contribution in [3.05, 3.63) is 45.9 Å². The van der Waals surface area contributed by atoms with E-state index in [1.807, 2.05) is 19.4 Å². The number of nitrogen functional groups attached to an aromatic ring is 1. The minimum absolute atomic E-state index is 0.0375. The van der Waals surface area contributed by atoms with Gasteiger partial charge in [-0.1, -0.05) is 5.16 Å². The van der Waals surface area contributed by atoms with Crippen LogP contribution in [0.5, 0.6) is 0 Å². The first-order chi connectivity index (χ1) is 18.8. The van der Waals surface area contributed by atoms with Gasteiger partial charge < -0.3 is 30.8 Å². The molecular weight excluding hydrogens is 564 g/mol. The molecule has 14 nitrogen and oxygen atoms in total. The molecule has 4 aliphatic heterocycles. The number of amides is 2. The maximum absolute atomic E-state index is 13.2. The summed E-state index contributed by atoms with van der Waals surface area (Å²) in [6, 6.07) is -1.04. The summed E-state index contributed by atoms with van der Waals surface area (Å²) in [6.45, 7) is 3.92. The second-order valence-electron chi connectivity index (χ2n) is 10.3. The minimum atomic E-state index is -1.75. The number of carbonyl (C=O) groups excluding carboxylic acids is 2. The van der Waals surface area contributed by atoms with Crippen molar-refractivity contribution in [1.29, 1.82) is 0 Å². The largest absolute Gasteiger partial charge is 0.478 e. The average Bonchev–Trinajstić information content (AvgIpc) is 3.57. The van der Waals surface area contributed by atoms with Crippen LogP contribution in [0.15, 0.2) is 45.4 Å². The van der Waals surface area contributed by atoms with Crippen LogP contribution in [-0.2, 0) is 28.8 Å². The zero-order valence-corrected chi connectivity index (χ0v) is 23.4. The SMILES string of the molecule is CC(C)(O/N=C(\C(=O)N[C@@H]1C(=O)N2C(C(=O)O)=C(C[N+]3(C)C=C4COCC4=C3)CS[C@H]12)c1csc(N)n1)C(=O)O. The van der Waals surface area contributed by atoms with Gasteiger partial charge in [0.1, 0.15) is 41.8 Å². The monoisotopic (exact) mass is 591 g/mol. The number of thiazole rings is 1. The van der Waals surface area contributed by atoms with Gasteiger partial charge in [0.2, 0.25) is 5.60 Å². The normalized spacial score (nSPS) is 23.6. The molecule has 16 heteroatoms. The predicted molar refractivity (Wildman–Crippen MR) is 144 cm³/mol. The number of nitrogens with two attached hydrogens (primary N) is 1. The molecule has 2 fully saturated rings. The molecule has 0 spiro atoms. The van der Waals surface area contributed by atoms with Crippen LogP contribution < -0.4 is 11.1 Å². The molecule has 0 bridgehead atoms. The Balaban J connectivity index is 1.35. The zero-order valence-electron chi connectivity index (χ0n) is 21.7. The lowest BCUT2D eigenvalue weighted by atomic mass is 10.0. The number of carboxylic acids is 2. The van der Waals surface area contributed by atoms with Crippen LogP contribution in [0.4, 0.5) is 5.13 Å². The summed E-state index contributed by atoms with van der Waals surface area (Å²) in [5.41, 5.74) is 6.29. The van der Waals surface area contributed by atoms with Gasteiger partial charge in [-0.25, -0.2) is 14.6 Å². The number of hydrogen-bond donors (Lipinski definition) is 4. The highest BCUT2D eigenvalue weighted by Crippen LogP contribution is 2.42. The molecule has 2 atom stereocenters. The number of rotatable bonds is 9. The summed E-state index contributed by atoms with van der Waals surface area (Å²) in [7, 11) is 1.96. The Labute approximate surface area is 236 Å². The first-order valence-electron chi connectivity index (χ1n) is 12.1. The van der Waals surface area contributed by atoms with E-state index >= 15 is 0 Å². The number of hydrogen-bond acceptors (Lipinski definition) is 11. The number of fused-ring (bicyclic) bond motifs is 2. The third-order valence-electron chi connectivity index (χ3n) is 6.76. The Morgan fingerprint density at radius 1 is 1.30 bits per heavy atom. The summed E-state index contributed by atoms with van der Waals surface area (Å²) < 4.78 is 5.82. The van der Waals surface area contributed by atoms with E-state index in [4.69, 9.17) is 15.3 Å². The van der Waals surface area contributed by atoms with Crippen molar-refractivity contribution >= 4 is 57.7 Å². The molecule has 2 amide bonds. The van der Waals surface area contributed by atoms with Gasteiger partial charge in [0, 0.05) is 27.9 Å². The van der Waals surface area contributed by atoms with Crippen molar-refractivity contribution in [3.63, 3.8) is 0 Å². The summed E-state index contributed by atoms with van der Waals surface area (Å²) in [5.74, 6) is -3.62. The molecule has 0 radical (unpaired) electrons. The number of quaternary nitrogens is 1. The number of aromatic nitrogens is 1. The van der Waals surface area contributed by atoms with Crippen molar-refractivity contribution in [2.24, 2.45) is 5.16 Å². The summed E-state index contributed by atoms with van der Waals surface area (Å²) in [5, 5.41) is 26.6. The van der Waals surface area contributed by atoms with Gasteiger partial charge in [-0.15, -0.1) is 23.1 Å². The molecule has 5 N–H and O–H groups in total. The maximum atomic E-state index is 13.2. The van der Waals surface area contributed by atoms with Crippen LogP contribution in [0.3, 0.4) is 0 Å². The minimum Gasteiger partial charge on any atom is -0.478 e. The molecule has 0 aromatic carbocycles. The van der Waals surface area contributed by atoms with Crippen LogP contribution in [-0.4, -0.2) is 104 Å². The number of likely N-dealkylation sites (N-methyl/N-ethyl adjacent to an activating group) is 1. The Hall–Kier alpha value is -3.73. The van der Waals surface area contributed by atoms with Crippen LogP contribution in [0, 0.1) is 0 Å². The lowest BCUT2D eigenvalue weighted by Gasteiger charge is -2.49. The van der Waals surface area contributed by atoms with Crippen molar-refractivity contribution in [2.75, 3.05) is 38.3 Å². The van der Waals surface area contributed by atoms with Crippen LogP contribution in [0.1, 0.15) is 19.5 Å². The van der Waals surface area contributed by atoms with Crippen molar-refractivity contribution < 1.29 is 43.4 Å². The predicted octanol–water partition coefficient (Wildman–Crippen LogP) is 0.306. The zero-order chi connectivity index (χ0) is 29.0. The number of thioether (sulfide) groups is 1. The molecule has 0 unspecified atom stereocenters. The van der Waals surface area contributed by atoms with Gasteiger partial charge in [-0.3, -0.25) is 19.0 Å². The Morgan fingerprint density at radius 2 is 1.98 bits per heavy atom. The van der Waals surface area contributed by atoms with Gasteiger partial charge in [0.15, 0.2) is 10.8 Å². The van der Waals surface area contributed by atoms with Crippen molar-refractivity contribution in [3.8, 4) is 0 Å². The molecule has 40 heavy (non-hydrogen) atoms. The number of nitrogens with zero attached hydrogens (tertiary/aromatic N) is 4. The molecule has 5 rings (SSSR count). The maximum Gasteiger partial charge on any atom is 0.352 e. The summed E-state index contributed by atoms with van der Waals surface area (Å²) in [4.78, 5) is 60.5. The molecule has 5 heterocycles. The van der Waals surface area contributed by atoms with Crippen molar-refractivity contribution in [2.45, 2.75) is 30.9 Å². The number of anilines is 1. The number of β-lactam (4-membered cyclic amide) rings is 1. The lowest BCUT2D eigenvalue weighted by Crippen LogP contribution is -2.71. The van der Waals surface area contributed by atoms with E-state index in [1.165, 1.54) is 35.9 Å². The third kappa shape index (κ3) is 4.98. The lowest BCUT2D eigenvalue weighted by molar-refractivity contribution is -0.799. The van der Waals surface area contributed by atoms with Gasteiger partial charge in [-0.2, -0.15) is 0 Å². The van der Waals surface area contributed by atoms with Crippen LogP contribution in [0.25, 0.3) is 0 Å². The van der Waals surface area contributed by atoms with Gasteiger partial charge in [-0.05, 0) is 13.8 Å². The smallest absolute Gasteiger partial charge is 0.352 e. The van der Waals surface area contributed by atoms with E-state index in [2.05, 4.69) is 15.5 Å². The fourth-order valence-corrected chi connectivity index (χ4v) is 6.65. The molecular formula is C24H27N6O8S2+. The average molecular weight is 592 g/mol. The highest BCUT2D eigenvalue weighted by Gasteiger charge is 2.55.